The summed E-state index contributed by atoms with van der Waals surface area (Å²) in [6.07, 6.45) is 1.54. The molecule has 0 aliphatic carbocycles. The van der Waals surface area contributed by atoms with E-state index in [1.165, 1.54) is 31.4 Å². The Morgan fingerprint density at radius 3 is 2.60 bits per heavy atom. The van der Waals surface area contributed by atoms with Gasteiger partial charge in [-0.2, -0.15) is 0 Å². The maximum atomic E-state index is 12.8. The fourth-order valence-electron chi connectivity index (χ4n) is 2.04. The van der Waals surface area contributed by atoms with Crippen molar-refractivity contribution in [2.24, 2.45) is 5.92 Å². The van der Waals surface area contributed by atoms with Crippen molar-refractivity contribution in [3.63, 3.8) is 0 Å². The number of methoxy groups -OCH3 is 1. The second-order valence-corrected chi connectivity index (χ2v) is 4.62. The molecule has 5 heteroatoms. The molecule has 0 saturated heterocycles. The second kappa shape index (κ2) is 8.43. The molecule has 0 heterocycles. The van der Waals surface area contributed by atoms with Gasteiger partial charge in [-0.15, -0.1) is 0 Å². The fraction of sp³-hybridized carbons (Fsp3) is 0.467. The van der Waals surface area contributed by atoms with Crippen LogP contribution in [0.1, 0.15) is 37.4 Å². The lowest BCUT2D eigenvalue weighted by molar-refractivity contribution is -0.147. The summed E-state index contributed by atoms with van der Waals surface area (Å²) < 4.78 is 17.5. The maximum Gasteiger partial charge on any atom is 0.308 e. The third kappa shape index (κ3) is 5.09. The summed E-state index contributed by atoms with van der Waals surface area (Å²) in [5.41, 5.74) is 0.552. The van der Waals surface area contributed by atoms with Gasteiger partial charge in [0.05, 0.1) is 19.1 Å². The first-order valence-corrected chi connectivity index (χ1v) is 6.53. The molecule has 1 aromatic carbocycles. The molecule has 0 spiro atoms. The first kappa shape index (κ1) is 16.3. The molecule has 20 heavy (non-hydrogen) atoms. The molecule has 1 aromatic rings. The average molecular weight is 282 g/mol. The Morgan fingerprint density at radius 1 is 1.40 bits per heavy atom. The lowest BCUT2D eigenvalue weighted by Crippen LogP contribution is -2.19. The van der Waals surface area contributed by atoms with Crippen molar-refractivity contribution in [2.75, 3.05) is 7.11 Å². The molecule has 0 aliphatic rings. The zero-order chi connectivity index (χ0) is 15.0. The molecule has 4 nitrogen and oxygen atoms in total. The van der Waals surface area contributed by atoms with Gasteiger partial charge in [-0.3, -0.25) is 4.79 Å². The zero-order valence-electron chi connectivity index (χ0n) is 11.4. The summed E-state index contributed by atoms with van der Waals surface area (Å²) in [6, 6.07) is 5.50. The fourth-order valence-corrected chi connectivity index (χ4v) is 2.04. The van der Waals surface area contributed by atoms with E-state index < -0.39 is 18.0 Å². The number of ether oxygens (including phenoxy) is 1. The van der Waals surface area contributed by atoms with Crippen LogP contribution < -0.4 is 0 Å². The largest absolute Gasteiger partial charge is 0.469 e. The molecule has 0 aromatic heterocycles. The van der Waals surface area contributed by atoms with Gasteiger partial charge in [-0.1, -0.05) is 12.1 Å². The lowest BCUT2D eigenvalue weighted by Gasteiger charge is -2.18. The lowest BCUT2D eigenvalue weighted by atomic mass is 9.92. The van der Waals surface area contributed by atoms with E-state index in [4.69, 9.17) is 4.74 Å². The van der Waals surface area contributed by atoms with Crippen LogP contribution in [0.3, 0.4) is 0 Å². The van der Waals surface area contributed by atoms with Gasteiger partial charge in [0, 0.05) is 6.42 Å². The number of aliphatic hydroxyl groups excluding tert-OH is 1. The van der Waals surface area contributed by atoms with E-state index in [0.717, 1.165) is 6.29 Å². The molecule has 1 N–H and O–H groups in total. The normalized spacial score (nSPS) is 13.6. The Hall–Kier alpha value is -1.75. The molecular weight excluding hydrogens is 263 g/mol. The molecule has 0 unspecified atom stereocenters. The van der Waals surface area contributed by atoms with E-state index in [9.17, 15) is 19.1 Å². The van der Waals surface area contributed by atoms with Crippen molar-refractivity contribution < 1.29 is 23.8 Å². The van der Waals surface area contributed by atoms with Crippen LogP contribution in [0, 0.1) is 11.7 Å². The predicted octanol–water partition coefficient (Wildman–Crippen LogP) is 2.41. The summed E-state index contributed by atoms with van der Waals surface area (Å²) in [5, 5.41) is 10.1. The van der Waals surface area contributed by atoms with Gasteiger partial charge in [-0.25, -0.2) is 4.39 Å². The van der Waals surface area contributed by atoms with E-state index in [1.807, 2.05) is 0 Å². The van der Waals surface area contributed by atoms with Crippen LogP contribution in [-0.4, -0.2) is 24.5 Å². The van der Waals surface area contributed by atoms with Crippen LogP contribution in [-0.2, 0) is 14.3 Å². The number of aliphatic hydroxyl groups is 1. The summed E-state index contributed by atoms with van der Waals surface area (Å²) in [4.78, 5) is 21.9. The standard InChI is InChI=1S/C15H19FO4/c1-20-15(19)12(4-2-3-9-17)10-14(18)11-5-7-13(16)8-6-11/h5-9,12,14,18H,2-4,10H2,1H3/t12-,14+/m0/s1. The number of carbonyl (C=O) groups is 2. The highest BCUT2D eigenvalue weighted by atomic mass is 19.1. The topological polar surface area (TPSA) is 63.6 Å². The van der Waals surface area contributed by atoms with Gasteiger partial charge in [-0.05, 0) is 37.0 Å². The SMILES string of the molecule is COC(=O)[C@@H](CCCC=O)C[C@@H](O)c1ccc(F)cc1. The number of esters is 1. The second-order valence-electron chi connectivity index (χ2n) is 4.62. The Kier molecular flexibility index (Phi) is 6.87. The molecular formula is C15H19FO4. The number of carbonyl (C=O) groups excluding carboxylic acids is 2. The molecule has 0 bridgehead atoms. The average Bonchev–Trinajstić information content (AvgIpc) is 2.46. The minimum Gasteiger partial charge on any atom is -0.469 e. The zero-order valence-corrected chi connectivity index (χ0v) is 11.4. The molecule has 0 fully saturated rings. The number of hydrogen-bond donors (Lipinski definition) is 1. The first-order chi connectivity index (χ1) is 9.58. The highest BCUT2D eigenvalue weighted by molar-refractivity contribution is 5.72. The van der Waals surface area contributed by atoms with E-state index >= 15 is 0 Å². The van der Waals surface area contributed by atoms with E-state index in [-0.39, 0.29) is 12.2 Å². The van der Waals surface area contributed by atoms with Crippen LogP contribution >= 0.6 is 0 Å². The quantitative estimate of drug-likeness (QED) is 0.452. The van der Waals surface area contributed by atoms with Gasteiger partial charge in [0.1, 0.15) is 12.1 Å². The number of unbranched alkanes of at least 4 members (excludes halogenated alkanes) is 1. The summed E-state index contributed by atoms with van der Waals surface area (Å²) in [7, 11) is 1.29. The maximum absolute atomic E-state index is 12.8. The highest BCUT2D eigenvalue weighted by Crippen LogP contribution is 2.25. The Balaban J connectivity index is 2.65. The highest BCUT2D eigenvalue weighted by Gasteiger charge is 2.23. The van der Waals surface area contributed by atoms with Gasteiger partial charge < -0.3 is 14.6 Å². The third-order valence-corrected chi connectivity index (χ3v) is 3.17. The molecule has 0 aliphatic heterocycles. The monoisotopic (exact) mass is 282 g/mol. The van der Waals surface area contributed by atoms with Crippen LogP contribution in [0.5, 0.6) is 0 Å². The molecule has 110 valence electrons. The molecule has 1 rings (SSSR count). The van der Waals surface area contributed by atoms with Crippen molar-refractivity contribution in [3.05, 3.63) is 35.6 Å². The van der Waals surface area contributed by atoms with Crippen LogP contribution in [0.25, 0.3) is 0 Å². The number of hydrogen-bond acceptors (Lipinski definition) is 4. The minimum atomic E-state index is -0.865. The minimum absolute atomic E-state index is 0.192. The summed E-state index contributed by atoms with van der Waals surface area (Å²) in [6.45, 7) is 0. The van der Waals surface area contributed by atoms with Crippen LogP contribution in [0.2, 0.25) is 0 Å². The van der Waals surface area contributed by atoms with Gasteiger partial charge in [0.2, 0.25) is 0 Å². The van der Waals surface area contributed by atoms with Gasteiger partial charge in [0.15, 0.2) is 0 Å². The Labute approximate surface area is 117 Å². The van der Waals surface area contributed by atoms with E-state index in [0.29, 0.717) is 24.8 Å². The molecule has 0 amide bonds. The van der Waals surface area contributed by atoms with E-state index in [2.05, 4.69) is 0 Å². The third-order valence-electron chi connectivity index (χ3n) is 3.17. The van der Waals surface area contributed by atoms with Gasteiger partial charge in [0.25, 0.3) is 0 Å². The predicted molar refractivity (Wildman–Crippen MR) is 71.4 cm³/mol. The van der Waals surface area contributed by atoms with Crippen LogP contribution in [0.15, 0.2) is 24.3 Å². The van der Waals surface area contributed by atoms with Gasteiger partial charge >= 0.3 is 5.97 Å². The summed E-state index contributed by atoms with van der Waals surface area (Å²) >= 11 is 0. The smallest absolute Gasteiger partial charge is 0.308 e. The van der Waals surface area contributed by atoms with Crippen molar-refractivity contribution in [2.45, 2.75) is 31.8 Å². The van der Waals surface area contributed by atoms with Crippen molar-refractivity contribution in [1.29, 1.82) is 0 Å². The Morgan fingerprint density at radius 2 is 2.05 bits per heavy atom. The molecule has 2 atom stereocenters. The van der Waals surface area contributed by atoms with E-state index in [1.54, 1.807) is 0 Å². The first-order valence-electron chi connectivity index (χ1n) is 6.53. The Bertz CT molecular complexity index is 430. The number of rotatable bonds is 8. The number of benzene rings is 1. The number of aldehydes is 1. The van der Waals surface area contributed by atoms with Crippen molar-refractivity contribution in [3.8, 4) is 0 Å². The van der Waals surface area contributed by atoms with Crippen LogP contribution in [0.4, 0.5) is 4.39 Å². The molecule has 0 saturated carbocycles. The summed E-state index contributed by atoms with van der Waals surface area (Å²) in [5.74, 6) is -1.26. The van der Waals surface area contributed by atoms with Crippen molar-refractivity contribution >= 4 is 12.3 Å². The number of halogens is 1. The van der Waals surface area contributed by atoms with Crippen molar-refractivity contribution in [1.82, 2.24) is 0 Å². The molecule has 0 radical (unpaired) electrons.